The fourth-order valence-electron chi connectivity index (χ4n) is 5.47. The van der Waals surface area contributed by atoms with Crippen LogP contribution >= 0.6 is 11.6 Å². The van der Waals surface area contributed by atoms with Gasteiger partial charge in [-0.05, 0) is 51.4 Å². The minimum atomic E-state index is -0.582. The SMILES string of the molecule is CN1CC[C@H](c2c(O)cc(O)c3c(=O)cc(-c4ccccc4Cl)oc23)[C@H](OC(=O)[C@H]2CC[C@@H](N)C2)C1. The van der Waals surface area contributed by atoms with E-state index in [9.17, 15) is 19.8 Å². The zero-order valence-electron chi connectivity index (χ0n) is 19.9. The monoisotopic (exact) mass is 512 g/mol. The number of likely N-dealkylation sites (tertiary alicyclic amines) is 1. The van der Waals surface area contributed by atoms with E-state index in [1.54, 1.807) is 24.3 Å². The Hall–Kier alpha value is -3.07. The second kappa shape index (κ2) is 9.76. The summed E-state index contributed by atoms with van der Waals surface area (Å²) in [5.74, 6) is -1.39. The first-order valence-corrected chi connectivity index (χ1v) is 12.5. The van der Waals surface area contributed by atoms with E-state index in [0.717, 1.165) is 12.5 Å². The number of phenolic OH excluding ortho intramolecular Hbond substituents is 2. The van der Waals surface area contributed by atoms with Crippen LogP contribution in [0.15, 0.2) is 45.6 Å². The number of likely N-dealkylation sites (N-methyl/N-ethyl adjacent to an activating group) is 1. The van der Waals surface area contributed by atoms with E-state index in [2.05, 4.69) is 4.90 Å². The highest BCUT2D eigenvalue weighted by atomic mass is 35.5. The number of nitrogens with zero attached hydrogens (tertiary/aromatic N) is 1. The predicted molar refractivity (Wildman–Crippen MR) is 136 cm³/mol. The van der Waals surface area contributed by atoms with Gasteiger partial charge in [0.2, 0.25) is 0 Å². The van der Waals surface area contributed by atoms with Gasteiger partial charge in [-0.3, -0.25) is 9.59 Å². The lowest BCUT2D eigenvalue weighted by atomic mass is 9.85. The molecule has 1 saturated heterocycles. The minimum absolute atomic E-state index is 0.00466. The molecule has 1 aliphatic heterocycles. The van der Waals surface area contributed by atoms with Gasteiger partial charge in [0.15, 0.2) is 5.43 Å². The van der Waals surface area contributed by atoms with Crippen molar-refractivity contribution in [3.8, 4) is 22.8 Å². The van der Waals surface area contributed by atoms with Gasteiger partial charge in [0.1, 0.15) is 34.3 Å². The van der Waals surface area contributed by atoms with Crippen LogP contribution in [0.3, 0.4) is 0 Å². The lowest BCUT2D eigenvalue weighted by molar-refractivity contribution is -0.157. The maximum Gasteiger partial charge on any atom is 0.309 e. The molecular weight excluding hydrogens is 484 g/mol. The molecule has 5 rings (SSSR count). The number of aromatic hydroxyl groups is 2. The second-order valence-electron chi connectivity index (χ2n) is 9.89. The molecule has 2 aromatic carbocycles. The highest BCUT2D eigenvalue weighted by molar-refractivity contribution is 6.33. The van der Waals surface area contributed by atoms with E-state index >= 15 is 0 Å². The van der Waals surface area contributed by atoms with E-state index < -0.39 is 17.5 Å². The average molecular weight is 513 g/mol. The number of fused-ring (bicyclic) bond motifs is 1. The maximum absolute atomic E-state index is 13.1. The van der Waals surface area contributed by atoms with Crippen molar-refractivity contribution in [1.82, 2.24) is 4.90 Å². The summed E-state index contributed by atoms with van der Waals surface area (Å²) in [6.45, 7) is 1.13. The maximum atomic E-state index is 13.1. The highest BCUT2D eigenvalue weighted by Gasteiger charge is 2.38. The average Bonchev–Trinajstić information content (AvgIpc) is 3.26. The number of hydrogen-bond acceptors (Lipinski definition) is 8. The van der Waals surface area contributed by atoms with Crippen molar-refractivity contribution in [2.45, 2.75) is 43.7 Å². The molecular formula is C27H29ClN2O6. The van der Waals surface area contributed by atoms with Gasteiger partial charge in [0.25, 0.3) is 0 Å². The summed E-state index contributed by atoms with van der Waals surface area (Å²) in [7, 11) is 1.94. The van der Waals surface area contributed by atoms with Gasteiger partial charge in [0, 0.05) is 41.8 Å². The van der Waals surface area contributed by atoms with Crippen LogP contribution in [-0.2, 0) is 9.53 Å². The van der Waals surface area contributed by atoms with Gasteiger partial charge >= 0.3 is 5.97 Å². The topological polar surface area (TPSA) is 126 Å². The number of halogens is 1. The molecule has 0 radical (unpaired) electrons. The predicted octanol–water partition coefficient (Wildman–Crippen LogP) is 3.98. The Labute approximate surface area is 213 Å². The molecule has 1 aromatic heterocycles. The largest absolute Gasteiger partial charge is 0.507 e. The molecule has 4 atom stereocenters. The second-order valence-corrected chi connectivity index (χ2v) is 10.3. The Morgan fingerprint density at radius 1 is 1.17 bits per heavy atom. The number of esters is 1. The summed E-state index contributed by atoms with van der Waals surface area (Å²) in [4.78, 5) is 28.2. The summed E-state index contributed by atoms with van der Waals surface area (Å²) < 4.78 is 12.2. The smallest absolute Gasteiger partial charge is 0.309 e. The molecule has 1 aliphatic carbocycles. The molecule has 3 aromatic rings. The van der Waals surface area contributed by atoms with Crippen LogP contribution in [0.4, 0.5) is 0 Å². The van der Waals surface area contributed by atoms with Gasteiger partial charge in [0.05, 0.1) is 10.9 Å². The zero-order chi connectivity index (χ0) is 25.6. The fraction of sp³-hybridized carbons (Fsp3) is 0.407. The number of ether oxygens (including phenoxy) is 1. The van der Waals surface area contributed by atoms with Crippen LogP contribution in [0.5, 0.6) is 11.5 Å². The molecule has 2 heterocycles. The first-order chi connectivity index (χ1) is 17.2. The molecule has 190 valence electrons. The van der Waals surface area contributed by atoms with Crippen LogP contribution in [0, 0.1) is 5.92 Å². The number of carbonyl (C=O) groups is 1. The van der Waals surface area contributed by atoms with E-state index in [4.69, 9.17) is 26.5 Å². The molecule has 0 amide bonds. The summed E-state index contributed by atoms with van der Waals surface area (Å²) in [6, 6.07) is 9.37. The Morgan fingerprint density at radius 3 is 2.67 bits per heavy atom. The minimum Gasteiger partial charge on any atom is -0.507 e. The number of rotatable bonds is 4. The molecule has 2 aliphatic rings. The molecule has 9 heteroatoms. The van der Waals surface area contributed by atoms with Crippen molar-refractivity contribution in [3.05, 3.63) is 57.2 Å². The van der Waals surface area contributed by atoms with Crippen molar-refractivity contribution in [2.24, 2.45) is 11.7 Å². The number of nitrogens with two attached hydrogens (primary N) is 1. The van der Waals surface area contributed by atoms with Crippen molar-refractivity contribution in [1.29, 1.82) is 0 Å². The van der Waals surface area contributed by atoms with E-state index in [0.29, 0.717) is 48.5 Å². The molecule has 2 fully saturated rings. The Balaban J connectivity index is 1.61. The van der Waals surface area contributed by atoms with Crippen molar-refractivity contribution in [3.63, 3.8) is 0 Å². The summed E-state index contributed by atoms with van der Waals surface area (Å²) >= 11 is 6.35. The molecule has 8 nitrogen and oxygen atoms in total. The fourth-order valence-corrected chi connectivity index (χ4v) is 5.70. The lowest BCUT2D eigenvalue weighted by Gasteiger charge is -2.37. The van der Waals surface area contributed by atoms with Gasteiger partial charge in [-0.25, -0.2) is 0 Å². The summed E-state index contributed by atoms with van der Waals surface area (Å²) in [5.41, 5.74) is 6.44. The van der Waals surface area contributed by atoms with Crippen molar-refractivity contribution in [2.75, 3.05) is 20.1 Å². The summed E-state index contributed by atoms with van der Waals surface area (Å²) in [5, 5.41) is 21.9. The van der Waals surface area contributed by atoms with Crippen molar-refractivity contribution < 1.29 is 24.2 Å². The molecule has 1 saturated carbocycles. The van der Waals surface area contributed by atoms with Crippen molar-refractivity contribution >= 4 is 28.5 Å². The number of phenols is 2. The van der Waals surface area contributed by atoms with E-state index in [1.807, 2.05) is 7.05 Å². The van der Waals surface area contributed by atoms with Crippen LogP contribution < -0.4 is 11.2 Å². The van der Waals surface area contributed by atoms with Crippen LogP contribution in [0.2, 0.25) is 5.02 Å². The summed E-state index contributed by atoms with van der Waals surface area (Å²) in [6.07, 6.45) is 2.03. The number of hydrogen-bond donors (Lipinski definition) is 3. The Morgan fingerprint density at radius 2 is 1.94 bits per heavy atom. The van der Waals surface area contributed by atoms with Gasteiger partial charge in [-0.2, -0.15) is 0 Å². The standard InChI is InChI=1S/C27H29ClN2O6/c1-30-9-8-17(23(13-30)36-27(34)14-6-7-15(29)10-14)24-19(31)11-20(32)25-21(33)12-22(35-26(24)25)16-4-2-3-5-18(16)28/h2-5,11-12,14-15,17,23,31-32H,6-10,13,29H2,1H3/t14-,15+,17-,23+/m0/s1. The normalized spacial score (nSPS) is 24.8. The number of benzene rings is 2. The van der Waals surface area contributed by atoms with Crippen LogP contribution in [0.25, 0.3) is 22.3 Å². The number of piperidine rings is 1. The van der Waals surface area contributed by atoms with E-state index in [-0.39, 0.29) is 46.2 Å². The third-order valence-corrected chi connectivity index (χ3v) is 7.67. The van der Waals surface area contributed by atoms with Gasteiger partial charge < -0.3 is 30.0 Å². The van der Waals surface area contributed by atoms with Crippen LogP contribution in [0.1, 0.15) is 37.2 Å². The Bertz CT molecular complexity index is 1370. The van der Waals surface area contributed by atoms with Crippen LogP contribution in [-0.4, -0.2) is 53.4 Å². The third-order valence-electron chi connectivity index (χ3n) is 7.34. The molecule has 4 N–H and O–H groups in total. The Kier molecular flexibility index (Phi) is 6.68. The van der Waals surface area contributed by atoms with E-state index in [1.165, 1.54) is 6.07 Å². The highest BCUT2D eigenvalue weighted by Crippen LogP contribution is 2.44. The van der Waals surface area contributed by atoms with Gasteiger partial charge in [-0.1, -0.05) is 23.7 Å². The molecule has 36 heavy (non-hydrogen) atoms. The molecule has 0 spiro atoms. The third kappa shape index (κ3) is 4.56. The molecule has 0 unspecified atom stereocenters. The first kappa shape index (κ1) is 24.6. The quantitative estimate of drug-likeness (QED) is 0.448. The number of carbonyl (C=O) groups excluding carboxylic acids is 1. The molecule has 0 bridgehead atoms. The lowest BCUT2D eigenvalue weighted by Crippen LogP contribution is -2.44. The zero-order valence-corrected chi connectivity index (χ0v) is 20.7. The first-order valence-electron chi connectivity index (χ1n) is 12.1. The van der Waals surface area contributed by atoms with Gasteiger partial charge in [-0.15, -0.1) is 0 Å².